The molecular formula is C18H19ClN4O3. The van der Waals surface area contributed by atoms with Gasteiger partial charge in [0.1, 0.15) is 12.3 Å². The molecule has 7 nitrogen and oxygen atoms in total. The summed E-state index contributed by atoms with van der Waals surface area (Å²) in [6.07, 6.45) is 1.72. The maximum Gasteiger partial charge on any atom is 0.282 e. The zero-order chi connectivity index (χ0) is 18.5. The lowest BCUT2D eigenvalue weighted by Gasteiger charge is -2.08. The second-order valence-corrected chi connectivity index (χ2v) is 6.17. The molecule has 2 heterocycles. The molecule has 0 radical (unpaired) electrons. The number of hydrogen-bond acceptors (Lipinski definition) is 6. The molecule has 1 aliphatic heterocycles. The van der Waals surface area contributed by atoms with Crippen LogP contribution in [0.5, 0.6) is 5.75 Å². The molecule has 0 unspecified atom stereocenters. The number of anilines is 1. The number of halogens is 1. The van der Waals surface area contributed by atoms with Crippen molar-refractivity contribution in [3.05, 3.63) is 52.8 Å². The summed E-state index contributed by atoms with van der Waals surface area (Å²) < 4.78 is 10.2. The summed E-state index contributed by atoms with van der Waals surface area (Å²) in [6.45, 7) is 0.539. The Hall–Kier alpha value is -2.80. The largest absolute Gasteiger partial charge is 0.494 e. The van der Waals surface area contributed by atoms with Crippen molar-refractivity contribution in [2.24, 2.45) is 10.7 Å². The lowest BCUT2D eigenvalue weighted by molar-refractivity contribution is 0.102. The average Bonchev–Trinajstić information content (AvgIpc) is 3.06. The Morgan fingerprint density at radius 1 is 1.35 bits per heavy atom. The van der Waals surface area contributed by atoms with Crippen LogP contribution in [-0.4, -0.2) is 36.7 Å². The van der Waals surface area contributed by atoms with E-state index in [1.807, 2.05) is 24.3 Å². The fourth-order valence-electron chi connectivity index (χ4n) is 2.57. The molecule has 0 spiro atoms. The van der Waals surface area contributed by atoms with Gasteiger partial charge < -0.3 is 20.5 Å². The molecule has 1 atom stereocenters. The third kappa shape index (κ3) is 4.43. The third-order valence-corrected chi connectivity index (χ3v) is 4.25. The van der Waals surface area contributed by atoms with E-state index in [9.17, 15) is 4.79 Å². The van der Waals surface area contributed by atoms with E-state index in [-0.39, 0.29) is 28.8 Å². The minimum atomic E-state index is -0.338. The number of carbonyl (C=O) groups is 1. The molecular weight excluding hydrogens is 356 g/mol. The summed E-state index contributed by atoms with van der Waals surface area (Å²) in [5.41, 5.74) is 7.55. The van der Waals surface area contributed by atoms with Crippen LogP contribution in [0, 0.1) is 0 Å². The highest BCUT2D eigenvalue weighted by Gasteiger charge is 2.16. The molecule has 1 aromatic heterocycles. The minimum absolute atomic E-state index is 0.111. The Kier molecular flexibility index (Phi) is 5.58. The molecule has 3 rings (SSSR count). The van der Waals surface area contributed by atoms with Crippen molar-refractivity contribution in [2.45, 2.75) is 18.9 Å². The summed E-state index contributed by atoms with van der Waals surface area (Å²) in [4.78, 5) is 20.5. The number of carbonyl (C=O) groups excluding carboxylic acids is 1. The first-order valence-corrected chi connectivity index (χ1v) is 8.50. The number of methoxy groups -OCH3 is 1. The fourth-order valence-corrected chi connectivity index (χ4v) is 2.80. The molecule has 26 heavy (non-hydrogen) atoms. The first-order chi connectivity index (χ1) is 12.5. The number of amidine groups is 1. The zero-order valence-corrected chi connectivity index (χ0v) is 15.0. The van der Waals surface area contributed by atoms with Crippen LogP contribution in [-0.2, 0) is 11.2 Å². The van der Waals surface area contributed by atoms with Crippen molar-refractivity contribution in [1.82, 2.24) is 4.98 Å². The fraction of sp³-hybridized carbons (Fsp3) is 0.278. The number of nitrogens with two attached hydrogens (primary N) is 1. The summed E-state index contributed by atoms with van der Waals surface area (Å²) in [5.74, 6) is 0.0848. The predicted molar refractivity (Wildman–Crippen MR) is 99.9 cm³/mol. The summed E-state index contributed by atoms with van der Waals surface area (Å²) >= 11 is 5.95. The average molecular weight is 375 g/mol. The van der Waals surface area contributed by atoms with Crippen LogP contribution in [0.2, 0.25) is 5.15 Å². The van der Waals surface area contributed by atoms with Gasteiger partial charge in [-0.2, -0.15) is 0 Å². The maximum absolute atomic E-state index is 12.3. The van der Waals surface area contributed by atoms with Crippen molar-refractivity contribution >= 4 is 29.2 Å². The third-order valence-electron chi connectivity index (χ3n) is 3.98. The Bertz CT molecular complexity index is 824. The molecule has 0 fully saturated rings. The summed E-state index contributed by atoms with van der Waals surface area (Å²) in [6, 6.07) is 11.2. The molecule has 3 N–H and O–H groups in total. The molecule has 1 aliphatic rings. The number of ether oxygens (including phenoxy) is 2. The molecule has 0 aliphatic carbocycles. The number of aromatic nitrogens is 1. The topological polar surface area (TPSA) is 98.8 Å². The van der Waals surface area contributed by atoms with Crippen LogP contribution in [0.4, 0.5) is 5.69 Å². The number of pyridine rings is 1. The number of benzene rings is 1. The SMILES string of the molecule is COc1ccc(C(=O)Nc2ccc(CC[C@H]3COC(N)=N3)cc2)nc1Cl. The summed E-state index contributed by atoms with van der Waals surface area (Å²) in [7, 11) is 1.49. The van der Waals surface area contributed by atoms with Gasteiger partial charge >= 0.3 is 0 Å². The first kappa shape index (κ1) is 18.0. The number of amides is 1. The standard InChI is InChI=1S/C18H19ClN4O3/c1-25-15-9-8-14(23-16(15)19)17(24)21-12-5-2-11(3-6-12)4-7-13-10-26-18(20)22-13/h2-3,5-6,8-9,13H,4,7,10H2,1H3,(H2,20,22)(H,21,24)/t13-/m0/s1. The smallest absolute Gasteiger partial charge is 0.282 e. The van der Waals surface area contributed by atoms with Gasteiger partial charge in [-0.05, 0) is 42.7 Å². The molecule has 2 aromatic rings. The maximum atomic E-state index is 12.3. The van der Waals surface area contributed by atoms with E-state index < -0.39 is 0 Å². The van der Waals surface area contributed by atoms with Crippen LogP contribution in [0.15, 0.2) is 41.4 Å². The number of nitrogens with zero attached hydrogens (tertiary/aromatic N) is 2. The quantitative estimate of drug-likeness (QED) is 0.757. The van der Waals surface area contributed by atoms with Crippen LogP contribution in [0.1, 0.15) is 22.5 Å². The Balaban J connectivity index is 1.56. The van der Waals surface area contributed by atoms with Crippen molar-refractivity contribution < 1.29 is 14.3 Å². The van der Waals surface area contributed by atoms with E-state index in [4.69, 9.17) is 26.8 Å². The second kappa shape index (κ2) is 8.05. The molecule has 1 aromatic carbocycles. The van der Waals surface area contributed by atoms with E-state index in [2.05, 4.69) is 15.3 Å². The molecule has 0 bridgehead atoms. The number of nitrogens with one attached hydrogen (secondary N) is 1. The van der Waals surface area contributed by atoms with Crippen LogP contribution in [0.3, 0.4) is 0 Å². The van der Waals surface area contributed by atoms with E-state index in [0.29, 0.717) is 18.0 Å². The Labute approximate surface area is 156 Å². The van der Waals surface area contributed by atoms with Crippen molar-refractivity contribution in [1.29, 1.82) is 0 Å². The van der Waals surface area contributed by atoms with Gasteiger partial charge in [0.2, 0.25) is 0 Å². The van der Waals surface area contributed by atoms with E-state index >= 15 is 0 Å². The van der Waals surface area contributed by atoms with E-state index in [0.717, 1.165) is 18.4 Å². The van der Waals surface area contributed by atoms with Gasteiger partial charge in [-0.1, -0.05) is 23.7 Å². The van der Waals surface area contributed by atoms with Gasteiger partial charge in [0.15, 0.2) is 10.9 Å². The normalized spacial score (nSPS) is 15.9. The van der Waals surface area contributed by atoms with Gasteiger partial charge in [-0.15, -0.1) is 0 Å². The zero-order valence-electron chi connectivity index (χ0n) is 14.2. The van der Waals surface area contributed by atoms with Crippen molar-refractivity contribution in [3.63, 3.8) is 0 Å². The lowest BCUT2D eigenvalue weighted by Crippen LogP contribution is -2.14. The van der Waals surface area contributed by atoms with E-state index in [1.54, 1.807) is 12.1 Å². The van der Waals surface area contributed by atoms with Crippen molar-refractivity contribution in [3.8, 4) is 5.75 Å². The number of hydrogen-bond donors (Lipinski definition) is 2. The molecule has 0 saturated heterocycles. The second-order valence-electron chi connectivity index (χ2n) is 5.81. The number of rotatable bonds is 6. The Morgan fingerprint density at radius 2 is 2.12 bits per heavy atom. The van der Waals surface area contributed by atoms with E-state index in [1.165, 1.54) is 7.11 Å². The predicted octanol–water partition coefficient (Wildman–Crippen LogP) is 2.64. The van der Waals surface area contributed by atoms with Crippen LogP contribution in [0.25, 0.3) is 0 Å². The number of aryl methyl sites for hydroxylation is 1. The summed E-state index contributed by atoms with van der Waals surface area (Å²) in [5, 5.41) is 2.94. The molecule has 136 valence electrons. The van der Waals surface area contributed by atoms with Gasteiger partial charge in [0.05, 0.1) is 13.2 Å². The highest BCUT2D eigenvalue weighted by molar-refractivity contribution is 6.31. The highest BCUT2D eigenvalue weighted by Crippen LogP contribution is 2.22. The highest BCUT2D eigenvalue weighted by atomic mass is 35.5. The van der Waals surface area contributed by atoms with Crippen LogP contribution >= 0.6 is 11.6 Å². The monoisotopic (exact) mass is 374 g/mol. The van der Waals surface area contributed by atoms with Gasteiger partial charge in [-0.3, -0.25) is 4.79 Å². The Morgan fingerprint density at radius 3 is 2.73 bits per heavy atom. The van der Waals surface area contributed by atoms with Gasteiger partial charge in [-0.25, -0.2) is 9.98 Å². The first-order valence-electron chi connectivity index (χ1n) is 8.12. The molecule has 0 saturated carbocycles. The lowest BCUT2D eigenvalue weighted by atomic mass is 10.1. The molecule has 8 heteroatoms. The minimum Gasteiger partial charge on any atom is -0.494 e. The van der Waals surface area contributed by atoms with Gasteiger partial charge in [0, 0.05) is 5.69 Å². The van der Waals surface area contributed by atoms with Gasteiger partial charge in [0.25, 0.3) is 11.9 Å². The molecule has 1 amide bonds. The van der Waals surface area contributed by atoms with Crippen molar-refractivity contribution in [2.75, 3.05) is 19.0 Å². The van der Waals surface area contributed by atoms with Crippen LogP contribution < -0.4 is 15.8 Å². The number of aliphatic imine (C=N–C) groups is 1.